The molecule has 8 heteroatoms. The average Bonchev–Trinajstić information content (AvgIpc) is 2.56. The standard InChI is InChI=1S/C17H11F2NO4S/c18-13-7-6-11(9-14(13)19)25(23,24)20-15-8-5-10-3-1-2-4-12(10)16(15)17(21)22/h1-9,20H,(H,21,22). The fourth-order valence-corrected chi connectivity index (χ4v) is 3.52. The Kier molecular flexibility index (Phi) is 4.13. The van der Waals surface area contributed by atoms with Crippen molar-refractivity contribution >= 4 is 32.5 Å². The van der Waals surface area contributed by atoms with E-state index in [-0.39, 0.29) is 11.3 Å². The Bertz CT molecular complexity index is 1100. The lowest BCUT2D eigenvalue weighted by Gasteiger charge is -2.13. The van der Waals surface area contributed by atoms with E-state index in [0.29, 0.717) is 22.9 Å². The largest absolute Gasteiger partial charge is 0.478 e. The highest BCUT2D eigenvalue weighted by Gasteiger charge is 2.21. The van der Waals surface area contributed by atoms with E-state index in [1.54, 1.807) is 30.3 Å². The van der Waals surface area contributed by atoms with E-state index in [1.807, 2.05) is 0 Å². The number of carbonyl (C=O) groups is 1. The van der Waals surface area contributed by atoms with Gasteiger partial charge in [-0.05, 0) is 35.0 Å². The van der Waals surface area contributed by atoms with Gasteiger partial charge in [-0.1, -0.05) is 30.3 Å². The zero-order valence-electron chi connectivity index (χ0n) is 12.5. The molecule has 0 radical (unpaired) electrons. The van der Waals surface area contributed by atoms with Crippen LogP contribution in [0, 0.1) is 11.6 Å². The summed E-state index contributed by atoms with van der Waals surface area (Å²) in [5, 5.41) is 10.4. The second kappa shape index (κ2) is 6.14. The molecule has 3 rings (SSSR count). The summed E-state index contributed by atoms with van der Waals surface area (Å²) in [5.41, 5.74) is -0.403. The van der Waals surface area contributed by atoms with Gasteiger partial charge in [-0.15, -0.1) is 0 Å². The predicted molar refractivity (Wildman–Crippen MR) is 88.1 cm³/mol. The van der Waals surface area contributed by atoms with Crippen LogP contribution in [-0.4, -0.2) is 19.5 Å². The van der Waals surface area contributed by atoms with Gasteiger partial charge in [0.2, 0.25) is 0 Å². The number of rotatable bonds is 4. The lowest BCUT2D eigenvalue weighted by Crippen LogP contribution is -2.16. The molecule has 0 aromatic heterocycles. The van der Waals surface area contributed by atoms with E-state index in [4.69, 9.17) is 0 Å². The number of fused-ring (bicyclic) bond motifs is 1. The van der Waals surface area contributed by atoms with Gasteiger partial charge in [0.25, 0.3) is 10.0 Å². The second-order valence-electron chi connectivity index (χ2n) is 5.20. The number of halogens is 2. The first-order valence-electron chi connectivity index (χ1n) is 7.02. The Morgan fingerprint density at radius 3 is 2.36 bits per heavy atom. The third-order valence-corrected chi connectivity index (χ3v) is 4.95. The van der Waals surface area contributed by atoms with E-state index < -0.39 is 32.5 Å². The number of benzene rings is 3. The molecule has 2 N–H and O–H groups in total. The minimum atomic E-state index is -4.30. The number of anilines is 1. The molecule has 128 valence electrons. The molecule has 0 saturated carbocycles. The molecule has 0 aliphatic carbocycles. The Morgan fingerprint density at radius 1 is 0.960 bits per heavy atom. The lowest BCUT2D eigenvalue weighted by molar-refractivity contribution is 0.0700. The summed E-state index contributed by atoms with van der Waals surface area (Å²) in [6, 6.07) is 11.6. The highest BCUT2D eigenvalue weighted by atomic mass is 32.2. The van der Waals surface area contributed by atoms with Gasteiger partial charge in [0, 0.05) is 0 Å². The third-order valence-electron chi connectivity index (χ3n) is 3.59. The van der Waals surface area contributed by atoms with Crippen LogP contribution in [-0.2, 0) is 10.0 Å². The van der Waals surface area contributed by atoms with Gasteiger partial charge in [-0.2, -0.15) is 0 Å². The van der Waals surface area contributed by atoms with Gasteiger partial charge in [-0.25, -0.2) is 22.0 Å². The van der Waals surface area contributed by atoms with Gasteiger partial charge in [0.05, 0.1) is 16.1 Å². The molecule has 0 heterocycles. The molecule has 5 nitrogen and oxygen atoms in total. The summed E-state index contributed by atoms with van der Waals surface area (Å²) in [6.45, 7) is 0. The number of hydrogen-bond acceptors (Lipinski definition) is 3. The lowest BCUT2D eigenvalue weighted by atomic mass is 10.0. The fraction of sp³-hybridized carbons (Fsp3) is 0. The summed E-state index contributed by atoms with van der Waals surface area (Å²) >= 11 is 0. The first-order chi connectivity index (χ1) is 11.8. The van der Waals surface area contributed by atoms with Crippen LogP contribution < -0.4 is 4.72 Å². The molecule has 25 heavy (non-hydrogen) atoms. The highest BCUT2D eigenvalue weighted by Crippen LogP contribution is 2.28. The van der Waals surface area contributed by atoms with Crippen molar-refractivity contribution in [1.82, 2.24) is 0 Å². The van der Waals surface area contributed by atoms with Gasteiger partial charge in [-0.3, -0.25) is 4.72 Å². The van der Waals surface area contributed by atoms with Crippen molar-refractivity contribution < 1.29 is 27.1 Å². The number of hydrogen-bond donors (Lipinski definition) is 2. The van der Waals surface area contributed by atoms with Crippen LogP contribution in [0.25, 0.3) is 10.8 Å². The third kappa shape index (κ3) is 3.16. The molecule has 0 unspecified atom stereocenters. The molecule has 0 saturated heterocycles. The molecule has 0 bridgehead atoms. The normalized spacial score (nSPS) is 11.4. The van der Waals surface area contributed by atoms with Crippen molar-refractivity contribution in [2.75, 3.05) is 4.72 Å². The quantitative estimate of drug-likeness (QED) is 0.742. The van der Waals surface area contributed by atoms with Crippen LogP contribution in [0.5, 0.6) is 0 Å². The molecule has 0 atom stereocenters. The van der Waals surface area contributed by atoms with Gasteiger partial charge in [0.15, 0.2) is 11.6 Å². The number of carboxylic acids is 1. The highest BCUT2D eigenvalue weighted by molar-refractivity contribution is 7.92. The maximum absolute atomic E-state index is 13.3. The van der Waals surface area contributed by atoms with Crippen LogP contribution in [0.15, 0.2) is 59.5 Å². The molecule has 0 amide bonds. The van der Waals surface area contributed by atoms with Crippen molar-refractivity contribution in [1.29, 1.82) is 0 Å². The van der Waals surface area contributed by atoms with Gasteiger partial charge < -0.3 is 5.11 Å². The Hall–Kier alpha value is -3.00. The molecule has 0 aliphatic heterocycles. The van der Waals surface area contributed by atoms with Crippen LogP contribution in [0.2, 0.25) is 0 Å². The van der Waals surface area contributed by atoms with Crippen LogP contribution in [0.3, 0.4) is 0 Å². The summed E-state index contributed by atoms with van der Waals surface area (Å²) in [4.78, 5) is 11.1. The summed E-state index contributed by atoms with van der Waals surface area (Å²) in [5.74, 6) is -3.82. The van der Waals surface area contributed by atoms with E-state index in [0.717, 1.165) is 6.07 Å². The average molecular weight is 363 g/mol. The van der Waals surface area contributed by atoms with Crippen LogP contribution >= 0.6 is 0 Å². The Morgan fingerprint density at radius 2 is 1.68 bits per heavy atom. The minimum absolute atomic E-state index is 0.170. The monoisotopic (exact) mass is 363 g/mol. The second-order valence-corrected chi connectivity index (χ2v) is 6.88. The van der Waals surface area contributed by atoms with E-state index in [1.165, 1.54) is 6.07 Å². The molecular weight excluding hydrogens is 352 g/mol. The van der Waals surface area contributed by atoms with Gasteiger partial charge >= 0.3 is 5.97 Å². The molecule has 0 spiro atoms. The summed E-state index contributed by atoms with van der Waals surface area (Å²) in [7, 11) is -4.30. The number of aromatic carboxylic acids is 1. The molecule has 3 aromatic rings. The maximum atomic E-state index is 13.3. The van der Waals surface area contributed by atoms with E-state index >= 15 is 0 Å². The molecule has 0 fully saturated rings. The number of nitrogens with one attached hydrogen (secondary N) is 1. The number of sulfonamides is 1. The van der Waals surface area contributed by atoms with Crippen molar-refractivity contribution in [3.05, 3.63) is 71.8 Å². The number of carboxylic acid groups (broad SMARTS) is 1. The van der Waals surface area contributed by atoms with Crippen molar-refractivity contribution in [3.63, 3.8) is 0 Å². The van der Waals surface area contributed by atoms with Crippen molar-refractivity contribution in [2.45, 2.75) is 4.90 Å². The van der Waals surface area contributed by atoms with E-state index in [9.17, 15) is 27.1 Å². The Labute approximate surface area is 141 Å². The maximum Gasteiger partial charge on any atom is 0.338 e. The smallest absolute Gasteiger partial charge is 0.338 e. The fourth-order valence-electron chi connectivity index (χ4n) is 2.43. The first kappa shape index (κ1) is 16.8. The first-order valence-corrected chi connectivity index (χ1v) is 8.51. The van der Waals surface area contributed by atoms with Crippen molar-refractivity contribution in [2.24, 2.45) is 0 Å². The van der Waals surface area contributed by atoms with Crippen molar-refractivity contribution in [3.8, 4) is 0 Å². The zero-order chi connectivity index (χ0) is 18.2. The Balaban J connectivity index is 2.12. The zero-order valence-corrected chi connectivity index (χ0v) is 13.3. The summed E-state index contributed by atoms with van der Waals surface area (Å²) < 4.78 is 53.2. The van der Waals surface area contributed by atoms with Crippen LogP contribution in [0.4, 0.5) is 14.5 Å². The minimum Gasteiger partial charge on any atom is -0.478 e. The van der Waals surface area contributed by atoms with Crippen LogP contribution in [0.1, 0.15) is 10.4 Å². The van der Waals surface area contributed by atoms with E-state index in [2.05, 4.69) is 4.72 Å². The SMILES string of the molecule is O=C(O)c1c(NS(=O)(=O)c2ccc(F)c(F)c2)ccc2ccccc12. The molecule has 0 aliphatic rings. The molecular formula is C17H11F2NO4S. The van der Waals surface area contributed by atoms with Gasteiger partial charge in [0.1, 0.15) is 0 Å². The molecule has 3 aromatic carbocycles. The topological polar surface area (TPSA) is 83.5 Å². The predicted octanol–water partition coefficient (Wildman–Crippen LogP) is 3.62. The summed E-state index contributed by atoms with van der Waals surface area (Å²) in [6.07, 6.45) is 0.